The van der Waals surface area contributed by atoms with E-state index in [2.05, 4.69) is 23.5 Å². The van der Waals surface area contributed by atoms with Gasteiger partial charge >= 0.3 is 0 Å². The Balaban J connectivity index is 2.44. The first kappa shape index (κ1) is 12.2. The Hall–Kier alpha value is -0.900. The lowest BCUT2D eigenvalue weighted by molar-refractivity contribution is 0.850. The lowest BCUT2D eigenvalue weighted by Gasteiger charge is -2.11. The van der Waals surface area contributed by atoms with Gasteiger partial charge in [-0.05, 0) is 31.2 Å². The van der Waals surface area contributed by atoms with Crippen LogP contribution >= 0.6 is 11.8 Å². The number of aryl methyl sites for hydroxylation is 1. The minimum Gasteiger partial charge on any atom is -0.396 e. The molecule has 1 heterocycles. The summed E-state index contributed by atoms with van der Waals surface area (Å²) in [7, 11) is 0. The van der Waals surface area contributed by atoms with Gasteiger partial charge in [-0.3, -0.25) is 0 Å². The highest BCUT2D eigenvalue weighted by molar-refractivity contribution is 7.99. The van der Waals surface area contributed by atoms with Gasteiger partial charge < -0.3 is 11.1 Å². The molecule has 0 spiro atoms. The summed E-state index contributed by atoms with van der Waals surface area (Å²) in [5.74, 6) is 0.800. The number of anilines is 2. The molecule has 84 valence electrons. The van der Waals surface area contributed by atoms with Crippen molar-refractivity contribution in [3.63, 3.8) is 0 Å². The van der Waals surface area contributed by atoms with E-state index in [4.69, 9.17) is 5.73 Å². The molecule has 1 aromatic heterocycles. The fourth-order valence-electron chi connectivity index (χ4n) is 1.25. The van der Waals surface area contributed by atoms with Gasteiger partial charge in [0.15, 0.2) is 0 Å². The molecule has 0 saturated heterocycles. The maximum absolute atomic E-state index is 5.84. The average Bonchev–Trinajstić information content (AvgIpc) is 2.21. The third-order valence-electron chi connectivity index (χ3n) is 2.30. The molecule has 4 heteroatoms. The number of nitrogen functional groups attached to an aromatic ring is 1. The minimum atomic E-state index is 0.671. The van der Waals surface area contributed by atoms with Crippen LogP contribution in [0, 0.1) is 6.92 Å². The van der Waals surface area contributed by atoms with Crippen LogP contribution < -0.4 is 11.1 Å². The average molecular weight is 225 g/mol. The molecule has 3 nitrogen and oxygen atoms in total. The van der Waals surface area contributed by atoms with Gasteiger partial charge in [-0.25, -0.2) is 4.98 Å². The molecule has 1 atom stereocenters. The molecular formula is C11H19N3S. The summed E-state index contributed by atoms with van der Waals surface area (Å²) >= 11 is 1.87. The van der Waals surface area contributed by atoms with Gasteiger partial charge in [-0.1, -0.05) is 6.92 Å². The zero-order valence-electron chi connectivity index (χ0n) is 9.58. The molecule has 0 bridgehead atoms. The first-order valence-corrected chi connectivity index (χ1v) is 6.41. The Morgan fingerprint density at radius 3 is 2.93 bits per heavy atom. The SMILES string of the molecule is CSC(C)CCNc1ncc(C)cc1N. The topological polar surface area (TPSA) is 50.9 Å². The highest BCUT2D eigenvalue weighted by atomic mass is 32.2. The number of nitrogens with zero attached hydrogens (tertiary/aromatic N) is 1. The normalized spacial score (nSPS) is 12.5. The highest BCUT2D eigenvalue weighted by Crippen LogP contribution is 2.16. The van der Waals surface area contributed by atoms with Crippen LogP contribution in [0.2, 0.25) is 0 Å². The number of hydrogen-bond acceptors (Lipinski definition) is 4. The summed E-state index contributed by atoms with van der Waals surface area (Å²) in [4.78, 5) is 4.26. The van der Waals surface area contributed by atoms with Gasteiger partial charge in [0.05, 0.1) is 5.69 Å². The van der Waals surface area contributed by atoms with Crippen molar-refractivity contribution in [1.82, 2.24) is 4.98 Å². The Kier molecular flexibility index (Phi) is 4.75. The first-order chi connectivity index (χ1) is 7.13. The maximum Gasteiger partial charge on any atom is 0.149 e. The Bertz CT molecular complexity index is 315. The predicted molar refractivity (Wildman–Crippen MR) is 69.5 cm³/mol. The standard InChI is InChI=1S/C11H19N3S/c1-8-6-10(12)11(14-7-8)13-5-4-9(2)15-3/h6-7,9H,4-5,12H2,1-3H3,(H,13,14). The van der Waals surface area contributed by atoms with Gasteiger partial charge in [0.2, 0.25) is 0 Å². The molecule has 0 aliphatic heterocycles. The van der Waals surface area contributed by atoms with Crippen molar-refractivity contribution < 1.29 is 0 Å². The van der Waals surface area contributed by atoms with E-state index in [1.807, 2.05) is 30.9 Å². The number of rotatable bonds is 5. The zero-order chi connectivity index (χ0) is 11.3. The van der Waals surface area contributed by atoms with Crippen LogP contribution in [-0.2, 0) is 0 Å². The van der Waals surface area contributed by atoms with Crippen molar-refractivity contribution in [1.29, 1.82) is 0 Å². The number of nitrogens with two attached hydrogens (primary N) is 1. The van der Waals surface area contributed by atoms with Gasteiger partial charge in [0, 0.05) is 18.0 Å². The van der Waals surface area contributed by atoms with Crippen LogP contribution in [-0.4, -0.2) is 23.0 Å². The van der Waals surface area contributed by atoms with E-state index >= 15 is 0 Å². The summed E-state index contributed by atoms with van der Waals surface area (Å²) in [5, 5.41) is 3.93. The highest BCUT2D eigenvalue weighted by Gasteiger charge is 2.02. The quantitative estimate of drug-likeness (QED) is 0.808. The molecule has 15 heavy (non-hydrogen) atoms. The number of nitrogens with one attached hydrogen (secondary N) is 1. The Morgan fingerprint density at radius 1 is 1.60 bits per heavy atom. The first-order valence-electron chi connectivity index (χ1n) is 5.12. The van der Waals surface area contributed by atoms with Crippen LogP contribution in [0.3, 0.4) is 0 Å². The predicted octanol–water partition coefficient (Wildman–Crippen LogP) is 2.53. The lowest BCUT2D eigenvalue weighted by atomic mass is 10.3. The fraction of sp³-hybridized carbons (Fsp3) is 0.545. The van der Waals surface area contributed by atoms with Crippen molar-refractivity contribution in [2.24, 2.45) is 0 Å². The van der Waals surface area contributed by atoms with Gasteiger partial charge in [0.25, 0.3) is 0 Å². The minimum absolute atomic E-state index is 0.671. The molecule has 1 aromatic rings. The van der Waals surface area contributed by atoms with Crippen LogP contribution in [0.25, 0.3) is 0 Å². The van der Waals surface area contributed by atoms with Crippen molar-refractivity contribution >= 4 is 23.3 Å². The fourth-order valence-corrected chi connectivity index (χ4v) is 1.60. The molecule has 0 aliphatic rings. The molecule has 0 fully saturated rings. The molecule has 0 aliphatic carbocycles. The molecule has 0 saturated carbocycles. The molecule has 1 rings (SSSR count). The summed E-state index contributed by atoms with van der Waals surface area (Å²) in [5.41, 5.74) is 7.66. The second kappa shape index (κ2) is 5.85. The van der Waals surface area contributed by atoms with E-state index in [1.165, 1.54) is 0 Å². The molecule has 0 aromatic carbocycles. The van der Waals surface area contributed by atoms with Gasteiger partial charge in [-0.2, -0.15) is 11.8 Å². The summed E-state index contributed by atoms with van der Waals surface area (Å²) in [6.07, 6.45) is 5.08. The van der Waals surface area contributed by atoms with Crippen molar-refractivity contribution in [3.8, 4) is 0 Å². The second-order valence-corrected chi connectivity index (χ2v) is 4.99. The summed E-state index contributed by atoms with van der Waals surface area (Å²) in [6.45, 7) is 5.13. The van der Waals surface area contributed by atoms with Crippen molar-refractivity contribution in [2.45, 2.75) is 25.5 Å². The number of hydrogen-bond donors (Lipinski definition) is 2. The number of aromatic nitrogens is 1. The third kappa shape index (κ3) is 4.00. The van der Waals surface area contributed by atoms with E-state index in [0.29, 0.717) is 5.25 Å². The van der Waals surface area contributed by atoms with Crippen LogP contribution in [0.4, 0.5) is 11.5 Å². The molecular weight excluding hydrogens is 206 g/mol. The monoisotopic (exact) mass is 225 g/mol. The zero-order valence-corrected chi connectivity index (χ0v) is 10.4. The van der Waals surface area contributed by atoms with Crippen LogP contribution in [0.5, 0.6) is 0 Å². The molecule has 1 unspecified atom stereocenters. The van der Waals surface area contributed by atoms with Crippen LogP contribution in [0.1, 0.15) is 18.9 Å². The maximum atomic E-state index is 5.84. The summed E-state index contributed by atoms with van der Waals surface area (Å²) < 4.78 is 0. The molecule has 0 amide bonds. The smallest absolute Gasteiger partial charge is 0.149 e. The van der Waals surface area contributed by atoms with Crippen molar-refractivity contribution in [2.75, 3.05) is 23.9 Å². The largest absolute Gasteiger partial charge is 0.396 e. The number of thioether (sulfide) groups is 1. The van der Waals surface area contributed by atoms with Crippen molar-refractivity contribution in [3.05, 3.63) is 17.8 Å². The second-order valence-electron chi connectivity index (χ2n) is 3.71. The van der Waals surface area contributed by atoms with E-state index in [0.717, 1.165) is 30.0 Å². The Labute approximate surface area is 95.9 Å². The third-order valence-corrected chi connectivity index (χ3v) is 3.34. The number of pyridine rings is 1. The van der Waals surface area contributed by atoms with Crippen LogP contribution in [0.15, 0.2) is 12.3 Å². The lowest BCUT2D eigenvalue weighted by Crippen LogP contribution is -2.10. The van der Waals surface area contributed by atoms with E-state index in [9.17, 15) is 0 Å². The molecule has 0 radical (unpaired) electrons. The van der Waals surface area contributed by atoms with E-state index in [1.54, 1.807) is 0 Å². The molecule has 3 N–H and O–H groups in total. The summed E-state index contributed by atoms with van der Waals surface area (Å²) in [6, 6.07) is 1.94. The van der Waals surface area contributed by atoms with E-state index in [-0.39, 0.29) is 0 Å². The van der Waals surface area contributed by atoms with Gasteiger partial charge in [-0.15, -0.1) is 0 Å². The Morgan fingerprint density at radius 2 is 2.33 bits per heavy atom. The van der Waals surface area contributed by atoms with E-state index < -0.39 is 0 Å². The van der Waals surface area contributed by atoms with Gasteiger partial charge in [0.1, 0.15) is 5.82 Å².